The van der Waals surface area contributed by atoms with Crippen LogP contribution in [0.2, 0.25) is 0 Å². The maximum absolute atomic E-state index is 13.3. The van der Waals surface area contributed by atoms with Crippen molar-refractivity contribution in [2.75, 3.05) is 64.3 Å². The molecule has 10 heteroatoms. The molecule has 0 aromatic heterocycles. The van der Waals surface area contributed by atoms with Crippen LogP contribution in [-0.2, 0) is 10.9 Å². The number of ether oxygens (including phenoxy) is 2. The van der Waals surface area contributed by atoms with Gasteiger partial charge in [-0.1, -0.05) is 12.1 Å². The molecule has 1 atom stereocenters. The molecule has 1 aliphatic rings. The van der Waals surface area contributed by atoms with Gasteiger partial charge in [-0.05, 0) is 50.0 Å². The summed E-state index contributed by atoms with van der Waals surface area (Å²) in [6.45, 7) is 2.24. The lowest BCUT2D eigenvalue weighted by Gasteiger charge is -2.31. The quantitative estimate of drug-likeness (QED) is 0.647. The number of morpholine rings is 1. The zero-order valence-corrected chi connectivity index (χ0v) is 18.9. The maximum Gasteiger partial charge on any atom is 0.416 e. The molecule has 2 aromatic carbocycles. The van der Waals surface area contributed by atoms with Crippen molar-refractivity contribution in [1.29, 1.82) is 0 Å². The van der Waals surface area contributed by atoms with Crippen LogP contribution in [0.5, 0.6) is 5.75 Å². The van der Waals surface area contributed by atoms with Gasteiger partial charge in [0.2, 0.25) is 0 Å². The van der Waals surface area contributed by atoms with Crippen LogP contribution in [0.25, 0.3) is 0 Å². The highest BCUT2D eigenvalue weighted by Gasteiger charge is 2.32. The second-order valence-corrected chi connectivity index (χ2v) is 7.92. The third-order valence-corrected chi connectivity index (χ3v) is 5.48. The number of methoxy groups -OCH3 is 1. The number of anilines is 2. The molecule has 0 saturated carbocycles. The first-order valence-electron chi connectivity index (χ1n) is 10.6. The summed E-state index contributed by atoms with van der Waals surface area (Å²) in [6.07, 6.45) is -4.52. The number of carbonyl (C=O) groups is 1. The molecule has 1 unspecified atom stereocenters. The third kappa shape index (κ3) is 6.52. The molecule has 33 heavy (non-hydrogen) atoms. The van der Waals surface area contributed by atoms with E-state index in [4.69, 9.17) is 9.47 Å². The second kappa shape index (κ2) is 10.8. The van der Waals surface area contributed by atoms with Crippen LogP contribution in [0.15, 0.2) is 42.5 Å². The van der Waals surface area contributed by atoms with E-state index in [-0.39, 0.29) is 18.3 Å². The molecular formula is C23H29F3N4O3. The van der Waals surface area contributed by atoms with E-state index < -0.39 is 17.8 Å². The maximum atomic E-state index is 13.3. The van der Waals surface area contributed by atoms with Crippen molar-refractivity contribution in [2.24, 2.45) is 0 Å². The third-order valence-electron chi connectivity index (χ3n) is 5.48. The topological polar surface area (TPSA) is 66.1 Å². The van der Waals surface area contributed by atoms with Gasteiger partial charge in [-0.15, -0.1) is 0 Å². The molecule has 7 nitrogen and oxygen atoms in total. The lowest BCUT2D eigenvalue weighted by atomic mass is 10.1. The van der Waals surface area contributed by atoms with E-state index in [0.29, 0.717) is 37.7 Å². The van der Waals surface area contributed by atoms with E-state index in [2.05, 4.69) is 10.6 Å². The molecule has 2 aromatic rings. The average Bonchev–Trinajstić information content (AvgIpc) is 2.79. The van der Waals surface area contributed by atoms with Crippen LogP contribution in [0.3, 0.4) is 0 Å². The number of hydrogen-bond acceptors (Lipinski definition) is 5. The first-order chi connectivity index (χ1) is 15.7. The Kier molecular flexibility index (Phi) is 8.04. The summed E-state index contributed by atoms with van der Waals surface area (Å²) in [4.78, 5) is 16.5. The average molecular weight is 467 g/mol. The van der Waals surface area contributed by atoms with E-state index in [9.17, 15) is 18.0 Å². The molecule has 1 fully saturated rings. The van der Waals surface area contributed by atoms with Crippen LogP contribution in [0, 0.1) is 0 Å². The summed E-state index contributed by atoms with van der Waals surface area (Å²) in [5.41, 5.74) is 0.746. The Hall–Kier alpha value is -2.98. The highest BCUT2D eigenvalue weighted by Crippen LogP contribution is 2.35. The van der Waals surface area contributed by atoms with Crippen molar-refractivity contribution >= 4 is 17.4 Å². The number of benzene rings is 2. The Morgan fingerprint density at radius 3 is 2.55 bits per heavy atom. The van der Waals surface area contributed by atoms with E-state index >= 15 is 0 Å². The summed E-state index contributed by atoms with van der Waals surface area (Å²) in [7, 11) is 5.34. The summed E-state index contributed by atoms with van der Waals surface area (Å²) in [5.74, 6) is 0.697. The Morgan fingerprint density at radius 1 is 1.18 bits per heavy atom. The van der Waals surface area contributed by atoms with Crippen molar-refractivity contribution in [2.45, 2.75) is 12.2 Å². The zero-order chi connectivity index (χ0) is 24.0. The number of halogens is 3. The van der Waals surface area contributed by atoms with Gasteiger partial charge in [0.25, 0.3) is 0 Å². The van der Waals surface area contributed by atoms with Gasteiger partial charge < -0.3 is 29.9 Å². The van der Waals surface area contributed by atoms with E-state index in [1.807, 2.05) is 48.2 Å². The highest BCUT2D eigenvalue weighted by molar-refractivity contribution is 5.93. The van der Waals surface area contributed by atoms with Crippen LogP contribution < -0.4 is 20.3 Å². The molecule has 1 aliphatic heterocycles. The van der Waals surface area contributed by atoms with Gasteiger partial charge >= 0.3 is 12.2 Å². The van der Waals surface area contributed by atoms with Crippen LogP contribution in [0.4, 0.5) is 29.3 Å². The monoisotopic (exact) mass is 466 g/mol. The Morgan fingerprint density at radius 2 is 1.91 bits per heavy atom. The largest absolute Gasteiger partial charge is 0.497 e. The molecule has 1 saturated heterocycles. The van der Waals surface area contributed by atoms with E-state index in [0.717, 1.165) is 17.7 Å². The molecule has 180 valence electrons. The predicted octanol–water partition coefficient (Wildman–Crippen LogP) is 3.98. The van der Waals surface area contributed by atoms with Crippen molar-refractivity contribution in [3.8, 4) is 5.75 Å². The van der Waals surface area contributed by atoms with Gasteiger partial charge in [0.05, 0.1) is 43.3 Å². The molecule has 3 rings (SSSR count). The van der Waals surface area contributed by atoms with Gasteiger partial charge in [-0.2, -0.15) is 13.2 Å². The standard InChI is InChI=1S/C23H29F3N4O3/c1-29(2)21(16-5-4-6-18(13-16)32-3)15-27-22(31)28-19-14-17(23(24,25)26)7-8-20(19)30-9-11-33-12-10-30/h4-8,13-14,21H,9-12,15H2,1-3H3,(H2,27,28,31). The number of nitrogens with zero attached hydrogens (tertiary/aromatic N) is 2. The molecule has 2 N–H and O–H groups in total. The van der Waals surface area contributed by atoms with Gasteiger partial charge in [-0.25, -0.2) is 4.79 Å². The normalized spacial score (nSPS) is 15.3. The molecule has 0 aliphatic carbocycles. The number of hydrogen-bond donors (Lipinski definition) is 2. The first-order valence-corrected chi connectivity index (χ1v) is 10.6. The van der Waals surface area contributed by atoms with Crippen LogP contribution >= 0.6 is 0 Å². The minimum absolute atomic E-state index is 0.104. The number of amides is 2. The molecule has 0 radical (unpaired) electrons. The van der Waals surface area contributed by atoms with Gasteiger partial charge in [0.1, 0.15) is 5.75 Å². The van der Waals surface area contributed by atoms with Gasteiger partial charge in [-0.3, -0.25) is 0 Å². The number of urea groups is 1. The fourth-order valence-corrected chi connectivity index (χ4v) is 3.70. The number of likely N-dealkylation sites (N-methyl/N-ethyl adjacent to an activating group) is 1. The van der Waals surface area contributed by atoms with Gasteiger partial charge in [0.15, 0.2) is 0 Å². The lowest BCUT2D eigenvalue weighted by Crippen LogP contribution is -2.39. The Bertz CT molecular complexity index is 947. The number of rotatable bonds is 7. The molecule has 2 amide bonds. The number of carbonyl (C=O) groups excluding carboxylic acids is 1. The summed E-state index contributed by atoms with van der Waals surface area (Å²) in [6, 6.07) is 10.1. The molecule has 0 bridgehead atoms. The van der Waals surface area contributed by atoms with Crippen molar-refractivity contribution in [3.63, 3.8) is 0 Å². The Balaban J connectivity index is 1.76. The molecular weight excluding hydrogens is 437 g/mol. The lowest BCUT2D eigenvalue weighted by molar-refractivity contribution is -0.137. The number of nitrogens with one attached hydrogen (secondary N) is 2. The summed E-state index contributed by atoms with van der Waals surface area (Å²) >= 11 is 0. The van der Waals surface area contributed by atoms with E-state index in [1.165, 1.54) is 6.07 Å². The minimum atomic E-state index is -4.52. The Labute approximate surface area is 191 Å². The van der Waals surface area contributed by atoms with Crippen molar-refractivity contribution in [3.05, 3.63) is 53.6 Å². The minimum Gasteiger partial charge on any atom is -0.497 e. The summed E-state index contributed by atoms with van der Waals surface area (Å²) in [5, 5.41) is 5.39. The fraction of sp³-hybridized carbons (Fsp3) is 0.435. The van der Waals surface area contributed by atoms with Crippen molar-refractivity contribution < 1.29 is 27.4 Å². The van der Waals surface area contributed by atoms with Gasteiger partial charge in [0, 0.05) is 19.6 Å². The number of alkyl halides is 3. The predicted molar refractivity (Wildman–Crippen MR) is 121 cm³/mol. The van der Waals surface area contributed by atoms with Crippen molar-refractivity contribution in [1.82, 2.24) is 10.2 Å². The zero-order valence-electron chi connectivity index (χ0n) is 18.9. The molecule has 1 heterocycles. The van der Waals surface area contributed by atoms with E-state index in [1.54, 1.807) is 7.11 Å². The first kappa shape index (κ1) is 24.7. The highest BCUT2D eigenvalue weighted by atomic mass is 19.4. The van der Waals surface area contributed by atoms with Crippen LogP contribution in [-0.4, -0.2) is 65.0 Å². The summed E-state index contributed by atoms with van der Waals surface area (Å²) < 4.78 is 50.5. The second-order valence-electron chi connectivity index (χ2n) is 7.92. The molecule has 0 spiro atoms. The smallest absolute Gasteiger partial charge is 0.416 e. The van der Waals surface area contributed by atoms with Crippen LogP contribution in [0.1, 0.15) is 17.2 Å². The SMILES string of the molecule is COc1cccc(C(CNC(=O)Nc2cc(C(F)(F)F)ccc2N2CCOCC2)N(C)C)c1. The fourth-order valence-electron chi connectivity index (χ4n) is 3.70.